The maximum Gasteiger partial charge on any atom is 0.349 e. The van der Waals surface area contributed by atoms with Gasteiger partial charge in [-0.3, -0.25) is 4.79 Å². The fourth-order valence-electron chi connectivity index (χ4n) is 3.32. The van der Waals surface area contributed by atoms with Crippen LogP contribution in [0.15, 0.2) is 45.6 Å². The summed E-state index contributed by atoms with van der Waals surface area (Å²) >= 11 is 0. The van der Waals surface area contributed by atoms with Crippen LogP contribution in [0, 0.1) is 6.92 Å². The fraction of sp³-hybridized carbons (Fsp3) is 0.429. The average Bonchev–Trinajstić information content (AvgIpc) is 2.66. The summed E-state index contributed by atoms with van der Waals surface area (Å²) in [6.07, 6.45) is 3.39. The van der Waals surface area contributed by atoms with Gasteiger partial charge in [-0.25, -0.2) is 4.79 Å². The Labute approximate surface area is 153 Å². The van der Waals surface area contributed by atoms with E-state index in [1.54, 1.807) is 6.92 Å². The summed E-state index contributed by atoms with van der Waals surface area (Å²) in [5, 5.41) is 2.83. The molecule has 0 aliphatic carbocycles. The maximum absolute atomic E-state index is 12.4. The first-order chi connectivity index (χ1) is 12.6. The van der Waals surface area contributed by atoms with Crippen LogP contribution in [0.4, 0.5) is 0 Å². The van der Waals surface area contributed by atoms with Gasteiger partial charge in [0.25, 0.3) is 5.91 Å². The number of carbonyl (C=O) groups excluding carboxylic acids is 1. The van der Waals surface area contributed by atoms with Crippen molar-refractivity contribution in [3.05, 3.63) is 69.3 Å². The van der Waals surface area contributed by atoms with Crippen LogP contribution in [0.1, 0.15) is 52.4 Å². The van der Waals surface area contributed by atoms with Crippen molar-refractivity contribution in [3.63, 3.8) is 0 Å². The molecule has 26 heavy (non-hydrogen) atoms. The van der Waals surface area contributed by atoms with Gasteiger partial charge in [-0.1, -0.05) is 30.3 Å². The lowest BCUT2D eigenvalue weighted by Gasteiger charge is -2.21. The molecule has 0 unspecified atom stereocenters. The Kier molecular flexibility index (Phi) is 6.23. The summed E-state index contributed by atoms with van der Waals surface area (Å²) in [7, 11) is 0. The van der Waals surface area contributed by atoms with Gasteiger partial charge in [0.1, 0.15) is 11.3 Å². The molecule has 3 rings (SSSR count). The van der Waals surface area contributed by atoms with Crippen molar-refractivity contribution in [1.29, 1.82) is 0 Å². The quantitative estimate of drug-likeness (QED) is 0.808. The lowest BCUT2D eigenvalue weighted by atomic mass is 9.95. The molecular weight excluding hydrogens is 330 g/mol. The molecule has 1 aliphatic heterocycles. The van der Waals surface area contributed by atoms with Crippen LogP contribution in [0.2, 0.25) is 0 Å². The van der Waals surface area contributed by atoms with Crippen LogP contribution in [-0.4, -0.2) is 25.7 Å². The van der Waals surface area contributed by atoms with E-state index < -0.39 is 5.63 Å². The van der Waals surface area contributed by atoms with Gasteiger partial charge >= 0.3 is 5.63 Å². The zero-order valence-corrected chi connectivity index (χ0v) is 15.1. The van der Waals surface area contributed by atoms with E-state index in [4.69, 9.17) is 9.15 Å². The largest absolute Gasteiger partial charge is 0.427 e. The Morgan fingerprint density at radius 3 is 2.62 bits per heavy atom. The molecule has 5 heteroatoms. The lowest BCUT2D eigenvalue weighted by molar-refractivity contribution is 0.0795. The van der Waals surface area contributed by atoms with Crippen LogP contribution < -0.4 is 10.9 Å². The second-order valence-electron chi connectivity index (χ2n) is 6.73. The molecule has 0 saturated carbocycles. The molecule has 138 valence electrons. The number of amides is 1. The molecule has 1 saturated heterocycles. The third-order valence-corrected chi connectivity index (χ3v) is 4.79. The Morgan fingerprint density at radius 2 is 1.92 bits per heavy atom. The van der Waals surface area contributed by atoms with E-state index in [0.29, 0.717) is 31.1 Å². The molecule has 1 amide bonds. The molecule has 5 nitrogen and oxygen atoms in total. The van der Waals surface area contributed by atoms with E-state index in [0.717, 1.165) is 25.7 Å². The predicted octanol–water partition coefficient (Wildman–Crippen LogP) is 3.20. The Hall–Kier alpha value is -2.40. The van der Waals surface area contributed by atoms with Gasteiger partial charge in [-0.2, -0.15) is 0 Å². The molecular formula is C21H25NO4. The summed E-state index contributed by atoms with van der Waals surface area (Å²) in [4.78, 5) is 24.7. The number of carbonyl (C=O) groups is 1. The number of aryl methyl sites for hydroxylation is 2. The van der Waals surface area contributed by atoms with Crippen molar-refractivity contribution < 1.29 is 13.9 Å². The zero-order chi connectivity index (χ0) is 18.4. The molecule has 1 aromatic heterocycles. The molecule has 2 aromatic rings. The number of benzene rings is 1. The van der Waals surface area contributed by atoms with Gasteiger partial charge in [0, 0.05) is 25.7 Å². The highest BCUT2D eigenvalue weighted by Gasteiger charge is 2.22. The van der Waals surface area contributed by atoms with Gasteiger partial charge in [0.15, 0.2) is 0 Å². The summed E-state index contributed by atoms with van der Waals surface area (Å²) in [6, 6.07) is 11.9. The second-order valence-corrected chi connectivity index (χ2v) is 6.73. The van der Waals surface area contributed by atoms with Gasteiger partial charge in [0.05, 0.1) is 0 Å². The number of ether oxygens (including phenoxy) is 1. The summed E-state index contributed by atoms with van der Waals surface area (Å²) in [6.45, 7) is 3.67. The molecule has 0 spiro atoms. The molecule has 1 aliphatic rings. The highest BCUT2D eigenvalue weighted by Crippen LogP contribution is 2.27. The minimum absolute atomic E-state index is 0.112. The number of nitrogens with one attached hydrogen (secondary N) is 1. The summed E-state index contributed by atoms with van der Waals surface area (Å²) in [5.41, 5.74) is 1.47. The van der Waals surface area contributed by atoms with Crippen LogP contribution >= 0.6 is 0 Å². The standard InChI is InChI=1S/C21H25NO4/c1-15-14-18(17-9-12-25-13-10-17)26-21(24)19(15)20(23)22-11-5-8-16-6-3-2-4-7-16/h2-4,6-7,14,17H,5,8-13H2,1H3,(H,22,23). The van der Waals surface area contributed by atoms with E-state index in [-0.39, 0.29) is 17.4 Å². The normalized spacial score (nSPS) is 15.0. The van der Waals surface area contributed by atoms with Gasteiger partial charge < -0.3 is 14.5 Å². The average molecular weight is 355 g/mol. The summed E-state index contributed by atoms with van der Waals surface area (Å²) < 4.78 is 10.8. The third-order valence-electron chi connectivity index (χ3n) is 4.79. The van der Waals surface area contributed by atoms with Crippen LogP contribution in [0.3, 0.4) is 0 Å². The minimum Gasteiger partial charge on any atom is -0.427 e. The SMILES string of the molecule is Cc1cc(C2CCOCC2)oc(=O)c1C(=O)NCCCc1ccccc1. The van der Waals surface area contributed by atoms with Crippen molar-refractivity contribution in [2.24, 2.45) is 0 Å². The fourth-order valence-corrected chi connectivity index (χ4v) is 3.32. The first-order valence-corrected chi connectivity index (χ1v) is 9.19. The second kappa shape index (κ2) is 8.81. The van der Waals surface area contributed by atoms with Crippen LogP contribution in [0.5, 0.6) is 0 Å². The minimum atomic E-state index is -0.549. The number of hydrogen-bond acceptors (Lipinski definition) is 4. The highest BCUT2D eigenvalue weighted by atomic mass is 16.5. The van der Waals surface area contributed by atoms with Gasteiger partial charge in [0.2, 0.25) is 0 Å². The van der Waals surface area contributed by atoms with E-state index >= 15 is 0 Å². The molecule has 1 aromatic carbocycles. The molecule has 0 radical (unpaired) electrons. The topological polar surface area (TPSA) is 68.5 Å². The Balaban J connectivity index is 1.59. The molecule has 0 bridgehead atoms. The molecule has 2 heterocycles. The van der Waals surface area contributed by atoms with E-state index in [1.807, 2.05) is 24.3 Å². The lowest BCUT2D eigenvalue weighted by Crippen LogP contribution is -2.31. The van der Waals surface area contributed by atoms with E-state index in [9.17, 15) is 9.59 Å². The van der Waals surface area contributed by atoms with Crippen molar-refractivity contribution in [2.75, 3.05) is 19.8 Å². The van der Waals surface area contributed by atoms with E-state index in [2.05, 4.69) is 17.4 Å². The molecule has 1 fully saturated rings. The number of hydrogen-bond donors (Lipinski definition) is 1. The van der Waals surface area contributed by atoms with Crippen LogP contribution in [0.25, 0.3) is 0 Å². The van der Waals surface area contributed by atoms with Crippen molar-refractivity contribution >= 4 is 5.91 Å². The Bertz CT molecular complexity index is 791. The van der Waals surface area contributed by atoms with Crippen LogP contribution in [-0.2, 0) is 11.2 Å². The third kappa shape index (κ3) is 4.61. The molecule has 0 atom stereocenters. The first-order valence-electron chi connectivity index (χ1n) is 9.19. The van der Waals surface area contributed by atoms with Crippen molar-refractivity contribution in [3.8, 4) is 0 Å². The molecule has 1 N–H and O–H groups in total. The van der Waals surface area contributed by atoms with Gasteiger partial charge in [-0.05, 0) is 49.8 Å². The maximum atomic E-state index is 12.4. The number of rotatable bonds is 6. The first kappa shape index (κ1) is 18.4. The highest BCUT2D eigenvalue weighted by molar-refractivity contribution is 5.95. The summed E-state index contributed by atoms with van der Waals surface area (Å²) in [5.74, 6) is 0.498. The van der Waals surface area contributed by atoms with Crippen molar-refractivity contribution in [2.45, 2.75) is 38.5 Å². The Morgan fingerprint density at radius 1 is 1.19 bits per heavy atom. The van der Waals surface area contributed by atoms with Crippen molar-refractivity contribution in [1.82, 2.24) is 5.32 Å². The smallest absolute Gasteiger partial charge is 0.349 e. The predicted molar refractivity (Wildman–Crippen MR) is 99.6 cm³/mol. The monoisotopic (exact) mass is 355 g/mol. The van der Waals surface area contributed by atoms with E-state index in [1.165, 1.54) is 5.56 Å². The zero-order valence-electron chi connectivity index (χ0n) is 15.1. The van der Waals surface area contributed by atoms with Gasteiger partial charge in [-0.15, -0.1) is 0 Å².